The zero-order valence-corrected chi connectivity index (χ0v) is 18.0. The van der Waals surface area contributed by atoms with E-state index in [1.807, 2.05) is 0 Å². The minimum absolute atomic E-state index is 0.258. The molecule has 2 N–H and O–H groups in total. The predicted molar refractivity (Wildman–Crippen MR) is 107 cm³/mol. The molecule has 2 aliphatic rings. The van der Waals surface area contributed by atoms with Crippen molar-refractivity contribution in [2.45, 2.75) is 33.6 Å². The van der Waals surface area contributed by atoms with Crippen LogP contribution in [-0.4, -0.2) is 80.3 Å². The van der Waals surface area contributed by atoms with E-state index in [0.717, 1.165) is 16.7 Å². The Labute approximate surface area is 182 Å². The monoisotopic (exact) mass is 466 g/mol. The number of carboxylic acid groups (broad SMARTS) is 1. The van der Waals surface area contributed by atoms with Crippen LogP contribution < -0.4 is 10.1 Å². The molecule has 3 heterocycles. The van der Waals surface area contributed by atoms with Gasteiger partial charge in [-0.3, -0.25) is 13.8 Å². The second-order valence-electron chi connectivity index (χ2n) is 7.02. The fourth-order valence-corrected chi connectivity index (χ4v) is 7.09. The maximum atomic E-state index is 13.3. The third kappa shape index (κ3) is 3.54. The number of tetrazole rings is 1. The average Bonchev–Trinajstić information content (AvgIpc) is 3.23. The molecule has 0 aliphatic carbocycles. The van der Waals surface area contributed by atoms with E-state index < -0.39 is 50.1 Å². The Morgan fingerprint density at radius 3 is 2.68 bits per heavy atom. The lowest BCUT2D eigenvalue weighted by Gasteiger charge is -2.42. The van der Waals surface area contributed by atoms with E-state index in [1.165, 1.54) is 11.6 Å². The van der Waals surface area contributed by atoms with Gasteiger partial charge < -0.3 is 20.1 Å². The number of para-hydroxylation sites is 1. The Morgan fingerprint density at radius 2 is 2.06 bits per heavy atom. The molecular formula is C17H18N6O6S2. The molecule has 0 bridgehead atoms. The Morgan fingerprint density at radius 1 is 1.35 bits per heavy atom. The van der Waals surface area contributed by atoms with E-state index in [0.29, 0.717) is 5.75 Å². The van der Waals surface area contributed by atoms with Gasteiger partial charge >= 0.3 is 5.97 Å². The molecule has 0 saturated carbocycles. The molecule has 31 heavy (non-hydrogen) atoms. The second-order valence-corrected chi connectivity index (χ2v) is 10.6. The van der Waals surface area contributed by atoms with Crippen molar-refractivity contribution >= 4 is 40.3 Å². The molecule has 4 rings (SSSR count). The van der Waals surface area contributed by atoms with Crippen molar-refractivity contribution in [1.82, 2.24) is 30.4 Å². The molecule has 14 heteroatoms. The Balaban J connectivity index is 1.50. The van der Waals surface area contributed by atoms with Gasteiger partial charge in [-0.25, -0.2) is 9.48 Å². The van der Waals surface area contributed by atoms with Gasteiger partial charge in [0.15, 0.2) is 12.6 Å². The number of aromatic nitrogens is 4. The maximum Gasteiger partial charge on any atom is 0.328 e. The first-order chi connectivity index (χ1) is 14.7. The van der Waals surface area contributed by atoms with Crippen LogP contribution in [0.2, 0.25) is 0 Å². The number of benzene rings is 1. The van der Waals surface area contributed by atoms with Gasteiger partial charge in [0.25, 0.3) is 5.91 Å². The Bertz CT molecular complexity index is 1060. The third-order valence-electron chi connectivity index (χ3n) is 5.01. The molecule has 164 valence electrons. The summed E-state index contributed by atoms with van der Waals surface area (Å²) in [5, 5.41) is 22.6. The van der Waals surface area contributed by atoms with Crippen LogP contribution >= 0.6 is 11.8 Å². The molecule has 1 aromatic heterocycles. The number of amides is 2. The lowest BCUT2D eigenvalue weighted by molar-refractivity contribution is -0.160. The number of nitrogens with zero attached hydrogens (tertiary/aromatic N) is 5. The summed E-state index contributed by atoms with van der Waals surface area (Å²) in [7, 11) is -0.277. The number of thioether (sulfide) groups is 1. The van der Waals surface area contributed by atoms with E-state index >= 15 is 0 Å². The van der Waals surface area contributed by atoms with Crippen LogP contribution in [0.3, 0.4) is 0 Å². The maximum absolute atomic E-state index is 13.3. The average molecular weight is 467 g/mol. The van der Waals surface area contributed by atoms with Crippen LogP contribution in [0.1, 0.15) is 6.92 Å². The number of rotatable bonds is 7. The molecule has 2 saturated heterocycles. The molecule has 12 nitrogen and oxygen atoms in total. The van der Waals surface area contributed by atoms with Gasteiger partial charge in [0.05, 0.1) is 10.8 Å². The number of aryl methyl sites for hydroxylation is 1. The highest BCUT2D eigenvalue weighted by Gasteiger charge is 2.70. The van der Waals surface area contributed by atoms with Crippen LogP contribution in [0.4, 0.5) is 0 Å². The van der Waals surface area contributed by atoms with E-state index in [-0.39, 0.29) is 11.8 Å². The van der Waals surface area contributed by atoms with Crippen molar-refractivity contribution in [2.24, 2.45) is 7.05 Å². The van der Waals surface area contributed by atoms with Crippen LogP contribution in [0.5, 0.6) is 5.75 Å². The fourth-order valence-electron chi connectivity index (χ4n) is 3.53. The Kier molecular flexibility index (Phi) is 5.43. The molecule has 5 atom stereocenters. The first-order valence-electron chi connectivity index (χ1n) is 9.08. The first kappa shape index (κ1) is 21.2. The number of nitrogens with one attached hydrogen (secondary N) is 1. The van der Waals surface area contributed by atoms with Crippen LogP contribution in [0.15, 0.2) is 35.5 Å². The molecule has 2 aromatic rings. The summed E-state index contributed by atoms with van der Waals surface area (Å²) in [6.07, 6.45) is 0. The SMILES string of the molecule is Cn1nnnc1SC1(C)[C@H](C(=O)O)N2C(=O)[C@@H](NC(=O)COc3ccccc3)[C@H]2S1=O. The van der Waals surface area contributed by atoms with Gasteiger partial charge in [0.2, 0.25) is 11.1 Å². The van der Waals surface area contributed by atoms with Crippen molar-refractivity contribution in [2.75, 3.05) is 6.61 Å². The number of aliphatic carboxylic acids is 1. The van der Waals surface area contributed by atoms with Gasteiger partial charge in [-0.05, 0) is 29.5 Å². The van der Waals surface area contributed by atoms with Gasteiger partial charge in [0.1, 0.15) is 21.2 Å². The summed E-state index contributed by atoms with van der Waals surface area (Å²) in [6, 6.07) is 6.18. The van der Waals surface area contributed by atoms with Gasteiger partial charge in [-0.15, -0.1) is 5.10 Å². The standard InChI is InChI=1S/C17H18N6O6S2/c1-17(30-16-19-20-21-22(16)2)12(15(26)27)23-13(25)11(14(23)31(17)28)18-10(24)8-29-9-6-4-3-5-7-9/h3-7,11-12,14H,8H2,1-2H3,(H,18,24)(H,26,27)/t11-,12+,14-,17?,31?/m1/s1. The number of hydrogen-bond acceptors (Lipinski definition) is 9. The molecule has 2 unspecified atom stereocenters. The van der Waals surface area contributed by atoms with E-state index in [2.05, 4.69) is 20.8 Å². The number of ether oxygens (including phenoxy) is 1. The smallest absolute Gasteiger partial charge is 0.328 e. The number of carbonyl (C=O) groups is 3. The molecule has 2 amide bonds. The highest BCUT2D eigenvalue weighted by molar-refractivity contribution is 8.13. The molecular weight excluding hydrogens is 448 g/mol. The van der Waals surface area contributed by atoms with E-state index in [4.69, 9.17) is 4.74 Å². The van der Waals surface area contributed by atoms with E-state index in [9.17, 15) is 23.7 Å². The van der Waals surface area contributed by atoms with Crippen molar-refractivity contribution in [3.05, 3.63) is 30.3 Å². The quantitative estimate of drug-likeness (QED) is 0.483. The lowest BCUT2D eigenvalue weighted by Crippen LogP contribution is -2.71. The van der Waals surface area contributed by atoms with Crippen molar-refractivity contribution in [1.29, 1.82) is 0 Å². The summed E-state index contributed by atoms with van der Waals surface area (Å²) >= 11 is 0.924. The van der Waals surface area contributed by atoms with Crippen molar-refractivity contribution in [3.63, 3.8) is 0 Å². The van der Waals surface area contributed by atoms with Gasteiger partial charge in [-0.2, -0.15) is 0 Å². The zero-order chi connectivity index (χ0) is 22.3. The third-order valence-corrected chi connectivity index (χ3v) is 8.87. The van der Waals surface area contributed by atoms with Crippen molar-refractivity contribution < 1.29 is 28.4 Å². The van der Waals surface area contributed by atoms with Gasteiger partial charge in [0, 0.05) is 7.05 Å². The molecule has 1 aromatic carbocycles. The number of fused-ring (bicyclic) bond motifs is 1. The minimum atomic E-state index is -1.84. The number of carboxylic acids is 1. The zero-order valence-electron chi connectivity index (χ0n) is 16.4. The highest BCUT2D eigenvalue weighted by atomic mass is 32.2. The summed E-state index contributed by atoms with van der Waals surface area (Å²) in [4.78, 5) is 38.0. The summed E-state index contributed by atoms with van der Waals surface area (Å²) in [6.45, 7) is 1.15. The normalized spacial score (nSPS) is 29.2. The summed E-state index contributed by atoms with van der Waals surface area (Å²) in [5.41, 5.74) is 0. The minimum Gasteiger partial charge on any atom is -0.484 e. The predicted octanol–water partition coefficient (Wildman–Crippen LogP) is -1.03. The molecule has 0 spiro atoms. The Hall–Kier alpha value is -3.00. The van der Waals surface area contributed by atoms with Crippen LogP contribution in [0.25, 0.3) is 0 Å². The van der Waals surface area contributed by atoms with Crippen molar-refractivity contribution in [3.8, 4) is 5.75 Å². The topological polar surface area (TPSA) is 157 Å². The molecule has 2 fully saturated rings. The summed E-state index contributed by atoms with van der Waals surface area (Å²) in [5.74, 6) is -2.01. The summed E-state index contributed by atoms with van der Waals surface area (Å²) < 4.78 is 18.6. The van der Waals surface area contributed by atoms with Crippen LogP contribution in [0, 0.1) is 0 Å². The molecule has 0 radical (unpaired) electrons. The van der Waals surface area contributed by atoms with Crippen LogP contribution in [-0.2, 0) is 32.2 Å². The lowest BCUT2D eigenvalue weighted by atomic mass is 10.0. The number of hydrogen-bond donors (Lipinski definition) is 2. The number of carbonyl (C=O) groups excluding carboxylic acids is 2. The first-order valence-corrected chi connectivity index (χ1v) is 11.1. The largest absolute Gasteiger partial charge is 0.484 e. The van der Waals surface area contributed by atoms with Gasteiger partial charge in [-0.1, -0.05) is 30.0 Å². The second kappa shape index (κ2) is 7.92. The highest BCUT2D eigenvalue weighted by Crippen LogP contribution is 2.51. The molecule has 2 aliphatic heterocycles. The fraction of sp³-hybridized carbons (Fsp3) is 0.412. The van der Waals surface area contributed by atoms with E-state index in [1.54, 1.807) is 37.4 Å². The number of β-lactam (4-membered cyclic amide) rings is 1.